The molecule has 0 aliphatic rings. The molecule has 0 aliphatic carbocycles. The molecule has 18 heavy (non-hydrogen) atoms. The number of aliphatic hydroxyl groups is 1. The smallest absolute Gasteiger partial charge is 0.169 e. The lowest BCUT2D eigenvalue weighted by atomic mass is 9.95. The van der Waals surface area contributed by atoms with Crippen molar-refractivity contribution in [3.63, 3.8) is 0 Å². The fraction of sp³-hybridized carbons (Fsp3) is 0.333. The van der Waals surface area contributed by atoms with E-state index in [-0.39, 0.29) is 0 Å². The summed E-state index contributed by atoms with van der Waals surface area (Å²) in [4.78, 5) is 0. The molecule has 96 valence electrons. The maximum Gasteiger partial charge on any atom is 0.169 e. The predicted octanol–water partition coefficient (Wildman–Crippen LogP) is 4.24. The predicted molar refractivity (Wildman–Crippen MR) is 75.7 cm³/mol. The zero-order chi connectivity index (χ0) is 13.3. The molecule has 1 aromatic carbocycles. The van der Waals surface area contributed by atoms with Crippen LogP contribution in [0.25, 0.3) is 0 Å². The molecule has 1 unspecified atom stereocenters. The summed E-state index contributed by atoms with van der Waals surface area (Å²) in [6, 6.07) is 7.89. The Bertz CT molecular complexity index is 534. The van der Waals surface area contributed by atoms with E-state index in [2.05, 4.69) is 48.8 Å². The van der Waals surface area contributed by atoms with Crippen LogP contribution < -0.4 is 0 Å². The number of halogens is 1. The van der Waals surface area contributed by atoms with E-state index >= 15 is 0 Å². The Balaban J connectivity index is 2.24. The van der Waals surface area contributed by atoms with Crippen molar-refractivity contribution < 1.29 is 9.52 Å². The third-order valence-electron chi connectivity index (χ3n) is 3.16. The van der Waals surface area contributed by atoms with E-state index in [1.54, 1.807) is 12.1 Å². The van der Waals surface area contributed by atoms with Gasteiger partial charge in [-0.25, -0.2) is 0 Å². The van der Waals surface area contributed by atoms with Gasteiger partial charge in [-0.2, -0.15) is 0 Å². The Morgan fingerprint density at radius 2 is 1.78 bits per heavy atom. The molecule has 2 aromatic rings. The maximum absolute atomic E-state index is 10.2. The van der Waals surface area contributed by atoms with E-state index in [0.717, 1.165) is 0 Å². The minimum Gasteiger partial charge on any atom is -0.452 e. The lowest BCUT2D eigenvalue weighted by Crippen LogP contribution is -2.04. The van der Waals surface area contributed by atoms with Gasteiger partial charge in [-0.3, -0.25) is 0 Å². The van der Waals surface area contributed by atoms with Gasteiger partial charge in [-0.05, 0) is 65.5 Å². The molecule has 0 saturated heterocycles. The first-order valence-corrected chi connectivity index (χ1v) is 6.76. The van der Waals surface area contributed by atoms with Gasteiger partial charge in [0.2, 0.25) is 0 Å². The van der Waals surface area contributed by atoms with Crippen molar-refractivity contribution in [3.8, 4) is 0 Å². The lowest BCUT2D eigenvalue weighted by Gasteiger charge is -2.14. The number of benzene rings is 1. The Hall–Kier alpha value is -1.06. The van der Waals surface area contributed by atoms with Crippen molar-refractivity contribution in [2.75, 3.05) is 0 Å². The second-order valence-corrected chi connectivity index (χ2v) is 5.52. The molecule has 0 radical (unpaired) electrons. The summed E-state index contributed by atoms with van der Waals surface area (Å²) in [7, 11) is 0. The van der Waals surface area contributed by atoms with E-state index in [1.807, 2.05) is 0 Å². The normalized spacial score (nSPS) is 12.7. The maximum atomic E-state index is 10.2. The van der Waals surface area contributed by atoms with Crippen molar-refractivity contribution in [2.45, 2.75) is 33.3 Å². The molecular formula is C15H17BrO2. The van der Waals surface area contributed by atoms with E-state index in [0.29, 0.717) is 16.9 Å². The van der Waals surface area contributed by atoms with Gasteiger partial charge >= 0.3 is 0 Å². The first kappa shape index (κ1) is 13.4. The summed E-state index contributed by atoms with van der Waals surface area (Å²) in [5.74, 6) is 0.598. The van der Waals surface area contributed by atoms with Crippen molar-refractivity contribution in [2.24, 2.45) is 0 Å². The Morgan fingerprint density at radius 3 is 2.28 bits per heavy atom. The average molecular weight is 309 g/mol. The summed E-state index contributed by atoms with van der Waals surface area (Å²) in [6.45, 7) is 6.25. The number of aliphatic hydroxyl groups excluding tert-OH is 1. The van der Waals surface area contributed by atoms with Crippen LogP contribution in [0.2, 0.25) is 0 Å². The molecule has 1 heterocycles. The van der Waals surface area contributed by atoms with Crippen LogP contribution in [-0.2, 0) is 6.42 Å². The molecule has 1 aromatic heterocycles. The Morgan fingerprint density at radius 1 is 1.17 bits per heavy atom. The number of rotatable bonds is 3. The van der Waals surface area contributed by atoms with Crippen molar-refractivity contribution in [1.29, 1.82) is 0 Å². The van der Waals surface area contributed by atoms with Crippen molar-refractivity contribution in [3.05, 3.63) is 56.9 Å². The van der Waals surface area contributed by atoms with Crippen LogP contribution in [0.4, 0.5) is 0 Å². The van der Waals surface area contributed by atoms with Gasteiger partial charge in [0, 0.05) is 6.42 Å². The van der Waals surface area contributed by atoms with E-state index in [4.69, 9.17) is 4.42 Å². The fourth-order valence-corrected chi connectivity index (χ4v) is 2.65. The highest BCUT2D eigenvalue weighted by Crippen LogP contribution is 2.26. The zero-order valence-electron chi connectivity index (χ0n) is 10.8. The highest BCUT2D eigenvalue weighted by molar-refractivity contribution is 9.10. The van der Waals surface area contributed by atoms with E-state index in [1.165, 1.54) is 22.3 Å². The van der Waals surface area contributed by atoms with Crippen LogP contribution in [-0.4, -0.2) is 5.11 Å². The van der Waals surface area contributed by atoms with Crippen LogP contribution in [0.15, 0.2) is 33.4 Å². The summed E-state index contributed by atoms with van der Waals surface area (Å²) >= 11 is 3.25. The number of hydrogen-bond donors (Lipinski definition) is 1. The van der Waals surface area contributed by atoms with Gasteiger partial charge in [0.25, 0.3) is 0 Å². The highest BCUT2D eigenvalue weighted by Gasteiger charge is 2.15. The molecule has 2 rings (SSSR count). The molecule has 2 nitrogen and oxygen atoms in total. The monoisotopic (exact) mass is 308 g/mol. The molecule has 0 amide bonds. The lowest BCUT2D eigenvalue weighted by molar-refractivity contribution is 0.148. The quantitative estimate of drug-likeness (QED) is 0.920. The van der Waals surface area contributed by atoms with Gasteiger partial charge in [0.1, 0.15) is 11.9 Å². The molecule has 0 fully saturated rings. The van der Waals surface area contributed by atoms with Crippen LogP contribution in [0.1, 0.15) is 34.1 Å². The van der Waals surface area contributed by atoms with E-state index < -0.39 is 6.10 Å². The number of hydrogen-bond acceptors (Lipinski definition) is 2. The molecule has 3 heteroatoms. The summed E-state index contributed by atoms with van der Waals surface area (Å²) in [5.41, 5.74) is 4.89. The highest BCUT2D eigenvalue weighted by atomic mass is 79.9. The molecule has 0 saturated carbocycles. The standard InChI is InChI=1S/C15H17BrO2/c1-9-6-10(2)12(11(3)7-9)8-13(17)14-4-5-15(16)18-14/h4-7,13,17H,8H2,1-3H3. The van der Waals surface area contributed by atoms with Crippen molar-refractivity contribution >= 4 is 15.9 Å². The fourth-order valence-electron chi connectivity index (χ4n) is 2.33. The van der Waals surface area contributed by atoms with Crippen molar-refractivity contribution in [1.82, 2.24) is 0 Å². The molecular weight excluding hydrogens is 292 g/mol. The Kier molecular flexibility index (Phi) is 3.93. The topological polar surface area (TPSA) is 33.4 Å². The number of furan rings is 1. The SMILES string of the molecule is Cc1cc(C)c(CC(O)c2ccc(Br)o2)c(C)c1. The van der Waals surface area contributed by atoms with Crippen LogP contribution in [0.3, 0.4) is 0 Å². The first-order valence-electron chi connectivity index (χ1n) is 5.97. The Labute approximate surface area is 116 Å². The van der Waals surface area contributed by atoms with Gasteiger partial charge in [-0.15, -0.1) is 0 Å². The molecule has 0 aliphatic heterocycles. The number of aryl methyl sites for hydroxylation is 3. The average Bonchev–Trinajstić information content (AvgIpc) is 2.70. The van der Waals surface area contributed by atoms with Crippen LogP contribution >= 0.6 is 15.9 Å². The molecule has 1 N–H and O–H groups in total. The third kappa shape index (κ3) is 2.85. The van der Waals surface area contributed by atoms with Crippen LogP contribution in [0, 0.1) is 20.8 Å². The van der Waals surface area contributed by atoms with Gasteiger partial charge in [0.15, 0.2) is 4.67 Å². The van der Waals surface area contributed by atoms with E-state index in [9.17, 15) is 5.11 Å². The van der Waals surface area contributed by atoms with Crippen LogP contribution in [0.5, 0.6) is 0 Å². The first-order chi connectivity index (χ1) is 8.47. The second kappa shape index (κ2) is 5.29. The summed E-state index contributed by atoms with van der Waals surface area (Å²) in [6.07, 6.45) is -0.0193. The second-order valence-electron chi connectivity index (χ2n) is 4.74. The minimum absolute atomic E-state index is 0.581. The minimum atomic E-state index is -0.601. The summed E-state index contributed by atoms with van der Waals surface area (Å²) < 4.78 is 6.03. The largest absolute Gasteiger partial charge is 0.452 e. The zero-order valence-corrected chi connectivity index (χ0v) is 12.4. The molecule has 0 bridgehead atoms. The summed E-state index contributed by atoms with van der Waals surface area (Å²) in [5, 5.41) is 10.2. The van der Waals surface area contributed by atoms with Gasteiger partial charge in [-0.1, -0.05) is 17.7 Å². The van der Waals surface area contributed by atoms with Gasteiger partial charge < -0.3 is 9.52 Å². The molecule has 0 spiro atoms. The van der Waals surface area contributed by atoms with Gasteiger partial charge in [0.05, 0.1) is 0 Å². The third-order valence-corrected chi connectivity index (χ3v) is 3.59. The molecule has 1 atom stereocenters.